The lowest BCUT2D eigenvalue weighted by molar-refractivity contribution is -0.110. The first kappa shape index (κ1) is 15.0. The zero-order valence-electron chi connectivity index (χ0n) is 13.0. The van der Waals surface area contributed by atoms with Gasteiger partial charge in [0.2, 0.25) is 0 Å². The van der Waals surface area contributed by atoms with Gasteiger partial charge in [0.05, 0.1) is 11.1 Å². The Hall–Kier alpha value is -3.60. The van der Waals surface area contributed by atoms with Crippen molar-refractivity contribution in [2.75, 3.05) is 5.32 Å². The molecule has 1 aliphatic heterocycles. The van der Waals surface area contributed by atoms with Gasteiger partial charge in [-0.1, -0.05) is 30.3 Å². The van der Waals surface area contributed by atoms with Crippen LogP contribution in [0.25, 0.3) is 23.0 Å². The van der Waals surface area contributed by atoms with Crippen molar-refractivity contribution in [2.45, 2.75) is 0 Å². The molecule has 4 rings (SSSR count). The Morgan fingerprint density at radius 3 is 2.72 bits per heavy atom. The minimum absolute atomic E-state index is 0.174. The van der Waals surface area contributed by atoms with Gasteiger partial charge in [-0.2, -0.15) is 0 Å². The maximum Gasteiger partial charge on any atom is 0.335 e. The van der Waals surface area contributed by atoms with Gasteiger partial charge in [-0.3, -0.25) is 4.79 Å². The molecule has 1 aromatic heterocycles. The summed E-state index contributed by atoms with van der Waals surface area (Å²) < 4.78 is 5.78. The molecule has 0 atom stereocenters. The summed E-state index contributed by atoms with van der Waals surface area (Å²) in [6, 6.07) is 17.5. The molecule has 0 spiro atoms. The molecule has 0 aliphatic carbocycles. The van der Waals surface area contributed by atoms with E-state index in [0.717, 1.165) is 11.3 Å². The van der Waals surface area contributed by atoms with Crippen LogP contribution >= 0.6 is 0 Å². The number of hydrogen-bond acceptors (Lipinski definition) is 3. The van der Waals surface area contributed by atoms with E-state index >= 15 is 0 Å². The third-order valence-corrected chi connectivity index (χ3v) is 4.02. The number of carboxylic acids is 1. The summed E-state index contributed by atoms with van der Waals surface area (Å²) in [5, 5.41) is 11.9. The number of hydrogen-bond donors (Lipinski definition) is 2. The quantitative estimate of drug-likeness (QED) is 0.707. The van der Waals surface area contributed by atoms with E-state index in [4.69, 9.17) is 9.52 Å². The van der Waals surface area contributed by atoms with Crippen molar-refractivity contribution in [1.82, 2.24) is 0 Å². The Labute approximate surface area is 143 Å². The van der Waals surface area contributed by atoms with Crippen molar-refractivity contribution < 1.29 is 19.1 Å². The number of amides is 1. The van der Waals surface area contributed by atoms with Crippen LogP contribution in [0, 0.1) is 0 Å². The number of anilines is 1. The molecule has 122 valence electrons. The van der Waals surface area contributed by atoms with Crippen molar-refractivity contribution in [3.05, 3.63) is 77.6 Å². The largest absolute Gasteiger partial charge is 0.478 e. The average Bonchev–Trinajstić information content (AvgIpc) is 3.21. The molecule has 1 amide bonds. The van der Waals surface area contributed by atoms with Gasteiger partial charge < -0.3 is 14.8 Å². The molecule has 25 heavy (non-hydrogen) atoms. The highest BCUT2D eigenvalue weighted by atomic mass is 16.4. The second-order valence-electron chi connectivity index (χ2n) is 5.65. The van der Waals surface area contributed by atoms with Gasteiger partial charge >= 0.3 is 5.97 Å². The number of nitrogens with one attached hydrogen (secondary N) is 1. The summed E-state index contributed by atoms with van der Waals surface area (Å²) in [5.74, 6) is -0.0961. The molecular weight excluding hydrogens is 318 g/mol. The third-order valence-electron chi connectivity index (χ3n) is 4.02. The Morgan fingerprint density at radius 2 is 1.88 bits per heavy atom. The first-order valence-corrected chi connectivity index (χ1v) is 7.68. The molecule has 0 bridgehead atoms. The lowest BCUT2D eigenvalue weighted by Gasteiger charge is -1.99. The number of para-hydroxylation sites is 1. The van der Waals surface area contributed by atoms with Crippen LogP contribution in [-0.4, -0.2) is 17.0 Å². The van der Waals surface area contributed by atoms with E-state index in [9.17, 15) is 9.59 Å². The van der Waals surface area contributed by atoms with E-state index in [0.29, 0.717) is 22.7 Å². The molecule has 5 nitrogen and oxygen atoms in total. The fourth-order valence-electron chi connectivity index (χ4n) is 2.82. The molecule has 0 radical (unpaired) electrons. The van der Waals surface area contributed by atoms with Crippen molar-refractivity contribution in [2.24, 2.45) is 0 Å². The topological polar surface area (TPSA) is 79.5 Å². The summed E-state index contributed by atoms with van der Waals surface area (Å²) in [6.07, 6.45) is 1.69. The highest BCUT2D eigenvalue weighted by Gasteiger charge is 2.23. The van der Waals surface area contributed by atoms with Crippen LogP contribution in [0.15, 0.2) is 65.1 Å². The zero-order valence-corrected chi connectivity index (χ0v) is 13.0. The molecule has 1 aliphatic rings. The maximum absolute atomic E-state index is 12.1. The van der Waals surface area contributed by atoms with Crippen molar-refractivity contribution >= 4 is 29.2 Å². The van der Waals surface area contributed by atoms with Crippen molar-refractivity contribution in [3.8, 4) is 11.3 Å². The molecule has 0 fully saturated rings. The zero-order chi connectivity index (χ0) is 17.4. The molecule has 2 heterocycles. The van der Waals surface area contributed by atoms with E-state index in [1.54, 1.807) is 36.4 Å². The summed E-state index contributed by atoms with van der Waals surface area (Å²) in [4.78, 5) is 23.2. The SMILES string of the molecule is O=C1Nc2ccccc2C1=Cc1ccc(-c2cccc(C(=O)O)c2)o1. The Kier molecular flexibility index (Phi) is 3.47. The highest BCUT2D eigenvalue weighted by molar-refractivity contribution is 6.34. The van der Waals surface area contributed by atoms with Gasteiger partial charge in [-0.25, -0.2) is 4.79 Å². The number of carbonyl (C=O) groups is 2. The van der Waals surface area contributed by atoms with Gasteiger partial charge in [-0.15, -0.1) is 0 Å². The molecule has 2 aromatic carbocycles. The van der Waals surface area contributed by atoms with E-state index in [-0.39, 0.29) is 11.5 Å². The fourth-order valence-corrected chi connectivity index (χ4v) is 2.82. The van der Waals surface area contributed by atoms with Gasteiger partial charge in [0.15, 0.2) is 0 Å². The Bertz CT molecular complexity index is 1030. The molecule has 0 unspecified atom stereocenters. The van der Waals surface area contributed by atoms with Crippen LogP contribution in [0.5, 0.6) is 0 Å². The fraction of sp³-hybridized carbons (Fsp3) is 0. The molecular formula is C20H13NO4. The molecule has 0 saturated heterocycles. The van der Waals surface area contributed by atoms with Crippen LogP contribution in [-0.2, 0) is 4.79 Å². The van der Waals surface area contributed by atoms with E-state index in [2.05, 4.69) is 5.32 Å². The van der Waals surface area contributed by atoms with E-state index < -0.39 is 5.97 Å². The van der Waals surface area contributed by atoms with Gasteiger partial charge in [0.1, 0.15) is 11.5 Å². The molecule has 5 heteroatoms. The lowest BCUT2D eigenvalue weighted by Crippen LogP contribution is -2.03. The number of furan rings is 1. The van der Waals surface area contributed by atoms with Crippen LogP contribution in [0.2, 0.25) is 0 Å². The van der Waals surface area contributed by atoms with Crippen LogP contribution in [0.3, 0.4) is 0 Å². The average molecular weight is 331 g/mol. The highest BCUT2D eigenvalue weighted by Crippen LogP contribution is 2.33. The molecule has 3 aromatic rings. The number of benzene rings is 2. The van der Waals surface area contributed by atoms with Crippen LogP contribution < -0.4 is 5.32 Å². The number of aromatic carboxylic acids is 1. The normalized spacial score (nSPS) is 14.4. The summed E-state index contributed by atoms with van der Waals surface area (Å²) in [6.45, 7) is 0. The second-order valence-corrected chi connectivity index (χ2v) is 5.65. The Balaban J connectivity index is 1.70. The van der Waals surface area contributed by atoms with Crippen LogP contribution in [0.4, 0.5) is 5.69 Å². The number of fused-ring (bicyclic) bond motifs is 1. The second kappa shape index (κ2) is 5.79. The predicted molar refractivity (Wildman–Crippen MR) is 94.0 cm³/mol. The monoisotopic (exact) mass is 331 g/mol. The number of carbonyl (C=O) groups excluding carboxylic acids is 1. The van der Waals surface area contributed by atoms with Gasteiger partial charge in [0.25, 0.3) is 5.91 Å². The molecule has 0 saturated carbocycles. The van der Waals surface area contributed by atoms with Gasteiger partial charge in [0, 0.05) is 16.8 Å². The predicted octanol–water partition coefficient (Wildman–Crippen LogP) is 4.14. The van der Waals surface area contributed by atoms with E-state index in [1.807, 2.05) is 24.3 Å². The summed E-state index contributed by atoms with van der Waals surface area (Å²) in [5.41, 5.74) is 3.01. The lowest BCUT2D eigenvalue weighted by atomic mass is 10.1. The summed E-state index contributed by atoms with van der Waals surface area (Å²) in [7, 11) is 0. The Morgan fingerprint density at radius 1 is 1.04 bits per heavy atom. The van der Waals surface area contributed by atoms with E-state index in [1.165, 1.54) is 6.07 Å². The summed E-state index contributed by atoms with van der Waals surface area (Å²) >= 11 is 0. The molecule has 2 N–H and O–H groups in total. The third kappa shape index (κ3) is 2.72. The number of carboxylic acid groups (broad SMARTS) is 1. The first-order chi connectivity index (χ1) is 12.1. The van der Waals surface area contributed by atoms with Gasteiger partial charge in [-0.05, 0) is 36.4 Å². The van der Waals surface area contributed by atoms with Crippen LogP contribution in [0.1, 0.15) is 21.7 Å². The van der Waals surface area contributed by atoms with Crippen molar-refractivity contribution in [1.29, 1.82) is 0 Å². The smallest absolute Gasteiger partial charge is 0.335 e. The minimum Gasteiger partial charge on any atom is -0.478 e. The minimum atomic E-state index is -0.991. The van der Waals surface area contributed by atoms with Crippen molar-refractivity contribution in [3.63, 3.8) is 0 Å². The number of rotatable bonds is 3. The standard InChI is InChI=1S/C20H13NO4/c22-19-16(15-6-1-2-7-17(15)21-19)11-14-8-9-18(25-14)12-4-3-5-13(10-12)20(23)24/h1-11H,(H,21,22)(H,23,24). The maximum atomic E-state index is 12.1. The first-order valence-electron chi connectivity index (χ1n) is 7.68.